The van der Waals surface area contributed by atoms with Crippen molar-refractivity contribution in [1.29, 1.82) is 0 Å². The van der Waals surface area contributed by atoms with E-state index in [0.717, 1.165) is 12.0 Å². The second-order valence-electron chi connectivity index (χ2n) is 7.15. The molecule has 0 fully saturated rings. The molecule has 2 aromatic carbocycles. The first-order valence-electron chi connectivity index (χ1n) is 10.1. The van der Waals surface area contributed by atoms with Gasteiger partial charge >= 0.3 is 11.9 Å². The molecule has 0 aliphatic carbocycles. The molecule has 0 saturated heterocycles. The van der Waals surface area contributed by atoms with Crippen molar-refractivity contribution in [1.82, 2.24) is 0 Å². The highest BCUT2D eigenvalue weighted by Gasteiger charge is 2.17. The third-order valence-electron chi connectivity index (χ3n) is 4.63. The number of phenols is 1. The van der Waals surface area contributed by atoms with Crippen LogP contribution in [0, 0.1) is 6.92 Å². The number of nitrogens with one attached hydrogen (secondary N) is 1. The van der Waals surface area contributed by atoms with Gasteiger partial charge in [-0.05, 0) is 60.0 Å². The number of carbonyl (C=O) groups is 3. The summed E-state index contributed by atoms with van der Waals surface area (Å²) in [6, 6.07) is 6.53. The number of rotatable bonds is 10. The van der Waals surface area contributed by atoms with Crippen molar-refractivity contribution in [3.05, 3.63) is 45.4 Å². The Hall–Kier alpha value is -3.07. The van der Waals surface area contributed by atoms with Crippen LogP contribution in [0.5, 0.6) is 17.2 Å². The molecule has 0 bridgehead atoms. The Balaban J connectivity index is 1.98. The molecule has 3 N–H and O–H groups in total. The Morgan fingerprint density at radius 2 is 1.75 bits per heavy atom. The number of carboxylic acid groups (broad SMARTS) is 1. The van der Waals surface area contributed by atoms with E-state index >= 15 is 0 Å². The van der Waals surface area contributed by atoms with Gasteiger partial charge in [0.05, 0.1) is 24.5 Å². The fourth-order valence-corrected chi connectivity index (χ4v) is 3.59. The number of aryl methyl sites for hydroxylation is 1. The number of halogens is 1. The summed E-state index contributed by atoms with van der Waals surface area (Å²) in [7, 11) is 0. The van der Waals surface area contributed by atoms with Gasteiger partial charge in [0.2, 0.25) is 0 Å². The van der Waals surface area contributed by atoms with E-state index < -0.39 is 11.9 Å². The summed E-state index contributed by atoms with van der Waals surface area (Å²) in [5.74, 6) is -1.92. The fraction of sp³-hybridized carbons (Fsp3) is 0.348. The van der Waals surface area contributed by atoms with Gasteiger partial charge in [-0.3, -0.25) is 9.59 Å². The van der Waals surface area contributed by atoms with Crippen molar-refractivity contribution < 1.29 is 34.1 Å². The molecule has 8 nitrogen and oxygen atoms in total. The average molecular weight is 508 g/mol. The quantitative estimate of drug-likeness (QED) is 0.246. The van der Waals surface area contributed by atoms with E-state index in [9.17, 15) is 19.5 Å². The predicted molar refractivity (Wildman–Crippen MR) is 123 cm³/mol. The Kier molecular flexibility index (Phi) is 9.07. The zero-order chi connectivity index (χ0) is 23.8. The molecule has 0 radical (unpaired) electrons. The monoisotopic (exact) mass is 507 g/mol. The standard InChI is InChI=1S/C23H26BrNO7/c1-4-6-16-19(8-7-15(14(3)26)21(16)27)31-9-5-10-32-20-12-18(17(24)11-13(20)2)25-22(28)23(29)30/h7-8,11-12,27H,4-6,9-10H2,1-3H3,(H,25,28)(H,29,30). The molecule has 2 rings (SSSR count). The lowest BCUT2D eigenvalue weighted by molar-refractivity contribution is -0.147. The minimum atomic E-state index is -1.58. The Morgan fingerprint density at radius 3 is 2.34 bits per heavy atom. The highest BCUT2D eigenvalue weighted by atomic mass is 79.9. The number of amides is 1. The molecular weight excluding hydrogens is 482 g/mol. The molecule has 0 atom stereocenters. The van der Waals surface area contributed by atoms with Gasteiger partial charge in [0.15, 0.2) is 5.78 Å². The van der Waals surface area contributed by atoms with Crippen LogP contribution in [0.4, 0.5) is 5.69 Å². The molecule has 0 unspecified atom stereocenters. The second kappa shape index (κ2) is 11.5. The normalized spacial score (nSPS) is 10.5. The highest BCUT2D eigenvalue weighted by molar-refractivity contribution is 9.10. The lowest BCUT2D eigenvalue weighted by atomic mass is 10.0. The van der Waals surface area contributed by atoms with Gasteiger partial charge in [-0.1, -0.05) is 13.3 Å². The molecule has 1 amide bonds. The van der Waals surface area contributed by atoms with Crippen molar-refractivity contribution in [2.45, 2.75) is 40.0 Å². The van der Waals surface area contributed by atoms with Crippen LogP contribution in [0.25, 0.3) is 0 Å². The second-order valence-corrected chi connectivity index (χ2v) is 8.01. The average Bonchev–Trinajstić information content (AvgIpc) is 2.72. The van der Waals surface area contributed by atoms with Crippen molar-refractivity contribution in [3.8, 4) is 17.2 Å². The fourth-order valence-electron chi connectivity index (χ4n) is 3.03. The van der Waals surface area contributed by atoms with Crippen molar-refractivity contribution >= 4 is 39.3 Å². The summed E-state index contributed by atoms with van der Waals surface area (Å²) in [6.45, 7) is 5.86. The largest absolute Gasteiger partial charge is 0.507 e. The summed E-state index contributed by atoms with van der Waals surface area (Å²) in [6.07, 6.45) is 1.91. The predicted octanol–water partition coefficient (Wildman–Crippen LogP) is 4.49. The molecule has 0 aromatic heterocycles. The molecule has 0 aliphatic rings. The SMILES string of the molecule is CCCc1c(OCCCOc2cc(NC(=O)C(=O)O)c(Br)cc2C)ccc(C(C)=O)c1O. The van der Waals surface area contributed by atoms with E-state index in [-0.39, 0.29) is 17.1 Å². The number of carbonyl (C=O) groups excluding carboxylic acids is 2. The summed E-state index contributed by atoms with van der Waals surface area (Å²) < 4.78 is 12.1. The number of Topliss-reactive ketones (excluding diaryl/α,β-unsaturated/α-hetero) is 1. The van der Waals surface area contributed by atoms with Gasteiger partial charge in [-0.2, -0.15) is 0 Å². The van der Waals surface area contributed by atoms with Crippen LogP contribution in [0.15, 0.2) is 28.7 Å². The highest BCUT2D eigenvalue weighted by Crippen LogP contribution is 2.33. The van der Waals surface area contributed by atoms with Crippen LogP contribution in [-0.4, -0.2) is 41.1 Å². The van der Waals surface area contributed by atoms with Crippen molar-refractivity contribution in [3.63, 3.8) is 0 Å². The minimum absolute atomic E-state index is 0.0328. The maximum Gasteiger partial charge on any atom is 0.394 e. The Labute approximate surface area is 194 Å². The number of ketones is 1. The third-order valence-corrected chi connectivity index (χ3v) is 5.29. The van der Waals surface area contributed by atoms with Crippen LogP contribution in [-0.2, 0) is 16.0 Å². The number of aliphatic carboxylic acids is 1. The number of hydrogen-bond acceptors (Lipinski definition) is 6. The third kappa shape index (κ3) is 6.46. The zero-order valence-electron chi connectivity index (χ0n) is 18.2. The van der Waals surface area contributed by atoms with Crippen LogP contribution >= 0.6 is 15.9 Å². The van der Waals surface area contributed by atoms with E-state index in [1.807, 2.05) is 13.8 Å². The number of aromatic hydroxyl groups is 1. The first-order valence-corrected chi connectivity index (χ1v) is 10.9. The first-order chi connectivity index (χ1) is 15.1. The van der Waals surface area contributed by atoms with E-state index in [1.54, 1.807) is 24.3 Å². The van der Waals surface area contributed by atoms with Gasteiger partial charge in [-0.25, -0.2) is 4.79 Å². The smallest absolute Gasteiger partial charge is 0.394 e. The number of benzene rings is 2. The number of hydrogen-bond donors (Lipinski definition) is 3. The summed E-state index contributed by atoms with van der Waals surface area (Å²) in [5, 5.41) is 21.5. The van der Waals surface area contributed by atoms with Crippen LogP contribution < -0.4 is 14.8 Å². The molecule has 2 aromatic rings. The minimum Gasteiger partial charge on any atom is -0.507 e. The van der Waals surface area contributed by atoms with Gasteiger partial charge in [0.25, 0.3) is 0 Å². The Bertz CT molecular complexity index is 1020. The van der Waals surface area contributed by atoms with Gasteiger partial charge in [0.1, 0.15) is 17.2 Å². The summed E-state index contributed by atoms with van der Waals surface area (Å²) >= 11 is 3.29. The molecular formula is C23H26BrNO7. The van der Waals surface area contributed by atoms with Gasteiger partial charge in [0, 0.05) is 22.5 Å². The zero-order valence-corrected chi connectivity index (χ0v) is 19.7. The van der Waals surface area contributed by atoms with Gasteiger partial charge < -0.3 is 25.0 Å². The molecule has 32 heavy (non-hydrogen) atoms. The van der Waals surface area contributed by atoms with E-state index in [4.69, 9.17) is 14.6 Å². The van der Waals surface area contributed by atoms with Crippen molar-refractivity contribution in [2.24, 2.45) is 0 Å². The lowest BCUT2D eigenvalue weighted by Gasteiger charge is -2.15. The van der Waals surface area contributed by atoms with E-state index in [0.29, 0.717) is 53.3 Å². The lowest BCUT2D eigenvalue weighted by Crippen LogP contribution is -2.22. The molecule has 0 heterocycles. The van der Waals surface area contributed by atoms with Crippen LogP contribution in [0.2, 0.25) is 0 Å². The molecule has 0 saturated carbocycles. The van der Waals surface area contributed by atoms with Crippen LogP contribution in [0.3, 0.4) is 0 Å². The maximum atomic E-state index is 11.7. The van der Waals surface area contributed by atoms with E-state index in [2.05, 4.69) is 21.2 Å². The summed E-state index contributed by atoms with van der Waals surface area (Å²) in [4.78, 5) is 33.8. The topological polar surface area (TPSA) is 122 Å². The molecule has 0 spiro atoms. The van der Waals surface area contributed by atoms with E-state index in [1.165, 1.54) is 6.92 Å². The molecule has 172 valence electrons. The number of ether oxygens (including phenoxy) is 2. The first kappa shape index (κ1) is 25.2. The number of phenolic OH excluding ortho intramolecular Hbond substituents is 1. The molecule has 9 heteroatoms. The summed E-state index contributed by atoms with van der Waals surface area (Å²) in [5.41, 5.74) is 1.99. The maximum absolute atomic E-state index is 11.7. The Morgan fingerprint density at radius 1 is 1.09 bits per heavy atom. The van der Waals surface area contributed by atoms with Crippen molar-refractivity contribution in [2.75, 3.05) is 18.5 Å². The van der Waals surface area contributed by atoms with Gasteiger partial charge in [-0.15, -0.1) is 0 Å². The molecule has 0 aliphatic heterocycles. The number of anilines is 1. The number of carboxylic acids is 1. The van der Waals surface area contributed by atoms with Crippen LogP contribution in [0.1, 0.15) is 48.2 Å².